The number of fused-ring (bicyclic) bond motifs is 1. The quantitative estimate of drug-likeness (QED) is 0.719. The van der Waals surface area contributed by atoms with Crippen LogP contribution in [-0.2, 0) is 22.6 Å². The van der Waals surface area contributed by atoms with Crippen molar-refractivity contribution < 1.29 is 9.59 Å². The van der Waals surface area contributed by atoms with E-state index in [9.17, 15) is 14.4 Å². The summed E-state index contributed by atoms with van der Waals surface area (Å²) in [5, 5.41) is 3.37. The number of anilines is 2. The van der Waals surface area contributed by atoms with Gasteiger partial charge in [0.2, 0.25) is 11.8 Å². The van der Waals surface area contributed by atoms with E-state index >= 15 is 0 Å². The van der Waals surface area contributed by atoms with E-state index in [0.29, 0.717) is 34.6 Å². The minimum atomic E-state index is -0.340. The molecule has 0 unspecified atom stereocenters. The molecule has 3 heterocycles. The van der Waals surface area contributed by atoms with Gasteiger partial charge in [0, 0.05) is 17.8 Å². The maximum absolute atomic E-state index is 12.7. The molecule has 3 aromatic rings. The molecule has 0 radical (unpaired) electrons. The first-order valence-corrected chi connectivity index (χ1v) is 10.1. The molecule has 1 saturated heterocycles. The smallest absolute Gasteiger partial charge is 0.262 e. The second-order valence-corrected chi connectivity index (χ2v) is 7.79. The zero-order chi connectivity index (χ0) is 19.7. The van der Waals surface area contributed by atoms with Gasteiger partial charge in [-0.05, 0) is 31.0 Å². The summed E-state index contributed by atoms with van der Waals surface area (Å²) in [6.45, 7) is 2.53. The Morgan fingerprint density at radius 1 is 1.29 bits per heavy atom. The lowest BCUT2D eigenvalue weighted by Crippen LogP contribution is -2.29. The zero-order valence-corrected chi connectivity index (χ0v) is 16.3. The van der Waals surface area contributed by atoms with Crippen LogP contribution in [0.2, 0.25) is 0 Å². The predicted octanol–water partition coefficient (Wildman–Crippen LogP) is 2.79. The third-order valence-electron chi connectivity index (χ3n) is 4.77. The molecule has 0 saturated carbocycles. The number of nitrogens with zero attached hydrogens (tertiary/aromatic N) is 3. The van der Waals surface area contributed by atoms with E-state index in [1.54, 1.807) is 17.0 Å². The van der Waals surface area contributed by atoms with Gasteiger partial charge < -0.3 is 10.2 Å². The molecule has 0 atom stereocenters. The molecule has 0 bridgehead atoms. The molecule has 7 nitrogen and oxygen atoms in total. The van der Waals surface area contributed by atoms with Crippen molar-refractivity contribution >= 4 is 44.7 Å². The Bertz CT molecular complexity index is 1120. The van der Waals surface area contributed by atoms with Gasteiger partial charge in [-0.15, -0.1) is 11.3 Å². The maximum Gasteiger partial charge on any atom is 0.262 e. The molecule has 1 aliphatic heterocycles. The van der Waals surface area contributed by atoms with Crippen molar-refractivity contribution in [1.82, 2.24) is 9.55 Å². The lowest BCUT2D eigenvalue weighted by Gasteiger charge is -2.20. The average Bonchev–Trinajstić information content (AvgIpc) is 3.31. The molecule has 1 fully saturated rings. The fourth-order valence-corrected chi connectivity index (χ4v) is 4.28. The zero-order valence-electron chi connectivity index (χ0n) is 15.5. The topological polar surface area (TPSA) is 84.3 Å². The molecular formula is C20H20N4O3S. The van der Waals surface area contributed by atoms with Gasteiger partial charge >= 0.3 is 0 Å². The summed E-state index contributed by atoms with van der Waals surface area (Å²) < 4.78 is 1.31. The normalized spacial score (nSPS) is 14.0. The lowest BCUT2D eigenvalue weighted by molar-refractivity contribution is -0.117. The Morgan fingerprint density at radius 2 is 2.11 bits per heavy atom. The van der Waals surface area contributed by atoms with Gasteiger partial charge in [-0.2, -0.15) is 0 Å². The molecule has 0 aliphatic carbocycles. The fourth-order valence-electron chi connectivity index (χ4n) is 3.36. The van der Waals surface area contributed by atoms with Crippen LogP contribution in [-0.4, -0.2) is 27.9 Å². The number of amides is 2. The number of aryl methyl sites for hydroxylation is 1. The lowest BCUT2D eigenvalue weighted by atomic mass is 10.2. The first-order chi connectivity index (χ1) is 13.6. The van der Waals surface area contributed by atoms with Crippen LogP contribution < -0.4 is 15.8 Å². The second kappa shape index (κ2) is 7.55. The third kappa shape index (κ3) is 3.43. The van der Waals surface area contributed by atoms with Crippen LogP contribution in [0.15, 0.2) is 41.5 Å². The number of benzene rings is 1. The highest BCUT2D eigenvalue weighted by Gasteiger charge is 2.24. The number of rotatable bonds is 5. The maximum atomic E-state index is 12.7. The van der Waals surface area contributed by atoms with Crippen LogP contribution in [0.25, 0.3) is 10.2 Å². The van der Waals surface area contributed by atoms with Gasteiger partial charge in [0.15, 0.2) is 0 Å². The number of carbonyl (C=O) groups excluding carboxylic acids is 2. The Hall–Kier alpha value is -3.00. The van der Waals surface area contributed by atoms with E-state index in [0.717, 1.165) is 17.7 Å². The van der Waals surface area contributed by atoms with E-state index in [-0.39, 0.29) is 23.9 Å². The number of aromatic nitrogens is 2. The minimum absolute atomic E-state index is 0.0526. The van der Waals surface area contributed by atoms with Crippen molar-refractivity contribution in [2.75, 3.05) is 16.8 Å². The molecule has 2 amide bonds. The van der Waals surface area contributed by atoms with Crippen molar-refractivity contribution in [3.8, 4) is 0 Å². The summed E-state index contributed by atoms with van der Waals surface area (Å²) in [6, 6.07) is 9.06. The number of nitrogens with one attached hydrogen (secondary N) is 1. The Balaban J connectivity index is 1.56. The first kappa shape index (κ1) is 18.4. The number of para-hydroxylation sites is 2. The predicted molar refractivity (Wildman–Crippen MR) is 110 cm³/mol. The molecule has 28 heavy (non-hydrogen) atoms. The molecule has 144 valence electrons. The third-order valence-corrected chi connectivity index (χ3v) is 5.96. The molecule has 1 N–H and O–H groups in total. The van der Waals surface area contributed by atoms with Gasteiger partial charge in [-0.25, -0.2) is 4.98 Å². The van der Waals surface area contributed by atoms with Crippen molar-refractivity contribution in [2.24, 2.45) is 0 Å². The van der Waals surface area contributed by atoms with E-state index in [1.165, 1.54) is 22.2 Å². The molecule has 8 heteroatoms. The monoisotopic (exact) mass is 396 g/mol. The van der Waals surface area contributed by atoms with Crippen molar-refractivity contribution in [1.29, 1.82) is 0 Å². The first-order valence-electron chi connectivity index (χ1n) is 9.24. The Morgan fingerprint density at radius 3 is 2.86 bits per heavy atom. The van der Waals surface area contributed by atoms with Crippen LogP contribution in [0.4, 0.5) is 11.4 Å². The average molecular weight is 396 g/mol. The van der Waals surface area contributed by atoms with Crippen LogP contribution in [0.5, 0.6) is 0 Å². The number of hydrogen-bond acceptors (Lipinski definition) is 5. The summed E-state index contributed by atoms with van der Waals surface area (Å²) in [5.41, 5.74) is 1.03. The van der Waals surface area contributed by atoms with E-state index < -0.39 is 0 Å². The molecule has 4 rings (SSSR count). The van der Waals surface area contributed by atoms with Gasteiger partial charge in [-0.3, -0.25) is 19.0 Å². The van der Waals surface area contributed by atoms with Crippen LogP contribution in [0.3, 0.4) is 0 Å². The second-order valence-electron chi connectivity index (χ2n) is 6.68. The van der Waals surface area contributed by atoms with Crippen molar-refractivity contribution in [2.45, 2.75) is 32.7 Å². The highest BCUT2D eigenvalue weighted by molar-refractivity contribution is 7.18. The fraction of sp³-hybridized carbons (Fsp3) is 0.300. The SMILES string of the molecule is CCc1cc2c(=O)n(CC(=O)Nc3ccccc3N3CCCC3=O)cnc2s1. The van der Waals surface area contributed by atoms with Gasteiger partial charge in [0.05, 0.1) is 23.1 Å². The van der Waals surface area contributed by atoms with Crippen molar-refractivity contribution in [3.05, 3.63) is 51.9 Å². The minimum Gasteiger partial charge on any atom is -0.323 e. The summed E-state index contributed by atoms with van der Waals surface area (Å²) in [5.74, 6) is -0.287. The van der Waals surface area contributed by atoms with Gasteiger partial charge in [0.1, 0.15) is 11.4 Å². The molecule has 1 aromatic carbocycles. The molecule has 1 aliphatic rings. The highest BCUT2D eigenvalue weighted by Crippen LogP contribution is 2.29. The largest absolute Gasteiger partial charge is 0.323 e. The number of hydrogen-bond donors (Lipinski definition) is 1. The summed E-state index contributed by atoms with van der Waals surface area (Å²) in [4.78, 5) is 45.1. The van der Waals surface area contributed by atoms with E-state index in [1.807, 2.05) is 25.1 Å². The summed E-state index contributed by atoms with van der Waals surface area (Å²) >= 11 is 1.50. The molecular weight excluding hydrogens is 376 g/mol. The van der Waals surface area contributed by atoms with Gasteiger partial charge in [0.25, 0.3) is 5.56 Å². The highest BCUT2D eigenvalue weighted by atomic mass is 32.1. The molecule has 0 spiro atoms. The number of carbonyl (C=O) groups is 2. The number of thiophene rings is 1. The van der Waals surface area contributed by atoms with E-state index in [4.69, 9.17) is 0 Å². The van der Waals surface area contributed by atoms with Crippen LogP contribution >= 0.6 is 11.3 Å². The summed E-state index contributed by atoms with van der Waals surface area (Å²) in [7, 11) is 0. The van der Waals surface area contributed by atoms with Gasteiger partial charge in [-0.1, -0.05) is 19.1 Å². The summed E-state index contributed by atoms with van der Waals surface area (Å²) in [6.07, 6.45) is 3.58. The Labute approximate surface area is 165 Å². The van der Waals surface area contributed by atoms with Crippen molar-refractivity contribution in [3.63, 3.8) is 0 Å². The molecule has 2 aromatic heterocycles. The van der Waals surface area contributed by atoms with Crippen LogP contribution in [0.1, 0.15) is 24.6 Å². The van der Waals surface area contributed by atoms with E-state index in [2.05, 4.69) is 10.3 Å². The standard InChI is InChI=1S/C20H20N4O3S/c1-2-13-10-14-19(28-13)21-12-23(20(14)27)11-17(25)22-15-6-3-4-7-16(15)24-9-5-8-18(24)26/h3-4,6-7,10,12H,2,5,8-9,11H2,1H3,(H,22,25). The van der Waals surface area contributed by atoms with Crippen LogP contribution in [0, 0.1) is 0 Å². The Kier molecular flexibility index (Phi) is 4.95.